The lowest BCUT2D eigenvalue weighted by molar-refractivity contribution is -0.396. The Labute approximate surface area is 217 Å². The molecule has 0 unspecified atom stereocenters. The number of nitro groups is 1. The SMILES string of the molecule is COc1ccc(C[C@@H](C)[C@@H](C)Cc2ccc(OC)c(OCCn3ccnc3[N+](=O)[O-])c2OC)cc1OC. The van der Waals surface area contributed by atoms with Crippen molar-refractivity contribution in [2.24, 2.45) is 11.8 Å². The molecule has 0 saturated heterocycles. The van der Waals surface area contributed by atoms with Gasteiger partial charge in [-0.15, -0.1) is 0 Å². The van der Waals surface area contributed by atoms with E-state index in [1.165, 1.54) is 16.3 Å². The summed E-state index contributed by atoms with van der Waals surface area (Å²) >= 11 is 0. The van der Waals surface area contributed by atoms with Crippen molar-refractivity contribution in [1.29, 1.82) is 0 Å². The predicted octanol–water partition coefficient (Wildman–Crippen LogP) is 4.96. The standard InChI is InChI=1S/C27H35N3O7/c1-18(15-20-7-9-22(33-3)24(17-20)35-5)19(2)16-21-8-10-23(34-4)26(25(21)36-6)37-14-13-29-12-11-28-27(29)30(31)32/h7-12,17-19H,13-16H2,1-6H3/t18-,19+/m1/s1. The third-order valence-electron chi connectivity index (χ3n) is 6.54. The van der Waals surface area contributed by atoms with Crippen LogP contribution in [-0.4, -0.2) is 49.5 Å². The van der Waals surface area contributed by atoms with Crippen molar-refractivity contribution in [3.05, 3.63) is 64.0 Å². The Hall–Kier alpha value is -3.95. The van der Waals surface area contributed by atoms with Gasteiger partial charge in [-0.25, -0.2) is 4.57 Å². The minimum absolute atomic E-state index is 0.179. The van der Waals surface area contributed by atoms with E-state index >= 15 is 0 Å². The molecule has 1 aromatic heterocycles. The van der Waals surface area contributed by atoms with E-state index < -0.39 is 4.92 Å². The molecule has 2 atom stereocenters. The van der Waals surface area contributed by atoms with Gasteiger partial charge in [0.15, 0.2) is 23.0 Å². The van der Waals surface area contributed by atoms with Gasteiger partial charge < -0.3 is 33.8 Å². The van der Waals surface area contributed by atoms with Crippen LogP contribution in [0.4, 0.5) is 5.95 Å². The number of benzene rings is 2. The highest BCUT2D eigenvalue weighted by atomic mass is 16.6. The summed E-state index contributed by atoms with van der Waals surface area (Å²) in [5.41, 5.74) is 2.18. The monoisotopic (exact) mass is 513 g/mol. The van der Waals surface area contributed by atoms with Crippen molar-refractivity contribution < 1.29 is 28.6 Å². The third-order valence-corrected chi connectivity index (χ3v) is 6.54. The van der Waals surface area contributed by atoms with Crippen molar-refractivity contribution in [1.82, 2.24) is 9.55 Å². The van der Waals surface area contributed by atoms with Gasteiger partial charge in [-0.3, -0.25) is 0 Å². The number of methoxy groups -OCH3 is 4. The van der Waals surface area contributed by atoms with Crippen molar-refractivity contribution in [3.8, 4) is 28.7 Å². The highest BCUT2D eigenvalue weighted by Crippen LogP contribution is 2.41. The van der Waals surface area contributed by atoms with Crippen LogP contribution in [-0.2, 0) is 19.4 Å². The minimum atomic E-state index is -0.521. The number of rotatable bonds is 14. The Kier molecular flexibility index (Phi) is 9.59. The first kappa shape index (κ1) is 27.6. The minimum Gasteiger partial charge on any atom is -0.493 e. The lowest BCUT2D eigenvalue weighted by Crippen LogP contribution is -2.15. The van der Waals surface area contributed by atoms with Crippen LogP contribution in [0.15, 0.2) is 42.7 Å². The molecule has 0 radical (unpaired) electrons. The van der Waals surface area contributed by atoms with Gasteiger partial charge in [-0.2, -0.15) is 0 Å². The summed E-state index contributed by atoms with van der Waals surface area (Å²) < 4.78 is 29.5. The Morgan fingerprint density at radius 1 is 0.892 bits per heavy atom. The average Bonchev–Trinajstić information content (AvgIpc) is 3.37. The number of imidazole rings is 1. The molecule has 3 rings (SSSR count). The molecule has 2 aromatic carbocycles. The molecular weight excluding hydrogens is 478 g/mol. The predicted molar refractivity (Wildman–Crippen MR) is 139 cm³/mol. The van der Waals surface area contributed by atoms with Crippen molar-refractivity contribution >= 4 is 5.95 Å². The van der Waals surface area contributed by atoms with Gasteiger partial charge in [0.2, 0.25) is 5.75 Å². The molecule has 0 fully saturated rings. The van der Waals surface area contributed by atoms with E-state index in [-0.39, 0.29) is 19.1 Å². The fourth-order valence-electron chi connectivity index (χ4n) is 4.29. The molecule has 0 amide bonds. The molecule has 0 N–H and O–H groups in total. The lowest BCUT2D eigenvalue weighted by Gasteiger charge is -2.23. The Morgan fingerprint density at radius 2 is 1.57 bits per heavy atom. The quantitative estimate of drug-likeness (QED) is 0.220. The van der Waals surface area contributed by atoms with Crippen LogP contribution in [0.1, 0.15) is 25.0 Å². The van der Waals surface area contributed by atoms with Crippen LogP contribution in [0.25, 0.3) is 0 Å². The molecule has 0 bridgehead atoms. The van der Waals surface area contributed by atoms with Crippen LogP contribution < -0.4 is 23.7 Å². The summed E-state index contributed by atoms with van der Waals surface area (Å²) in [5, 5.41) is 11.1. The second-order valence-electron chi connectivity index (χ2n) is 8.87. The third kappa shape index (κ3) is 6.63. The van der Waals surface area contributed by atoms with E-state index in [1.54, 1.807) is 34.6 Å². The molecule has 0 spiro atoms. The fraction of sp³-hybridized carbons (Fsp3) is 0.444. The summed E-state index contributed by atoms with van der Waals surface area (Å²) in [6.07, 6.45) is 4.59. The largest absolute Gasteiger partial charge is 0.493 e. The van der Waals surface area contributed by atoms with Gasteiger partial charge in [0.1, 0.15) is 25.5 Å². The van der Waals surface area contributed by atoms with Crippen LogP contribution in [0.2, 0.25) is 0 Å². The van der Waals surface area contributed by atoms with Gasteiger partial charge in [0, 0.05) is 0 Å². The molecular formula is C27H35N3O7. The molecule has 3 aromatic rings. The van der Waals surface area contributed by atoms with Crippen LogP contribution in [0.5, 0.6) is 28.7 Å². The van der Waals surface area contributed by atoms with E-state index in [4.69, 9.17) is 23.7 Å². The number of hydrogen-bond acceptors (Lipinski definition) is 8. The summed E-state index contributed by atoms with van der Waals surface area (Å²) in [6.45, 7) is 4.88. The number of hydrogen-bond donors (Lipinski definition) is 0. The molecule has 10 heteroatoms. The highest BCUT2D eigenvalue weighted by Gasteiger charge is 2.22. The zero-order valence-corrected chi connectivity index (χ0v) is 22.2. The molecule has 0 aliphatic carbocycles. The van der Waals surface area contributed by atoms with E-state index in [1.807, 2.05) is 24.3 Å². The number of ether oxygens (including phenoxy) is 5. The van der Waals surface area contributed by atoms with Crippen molar-refractivity contribution in [2.75, 3.05) is 35.0 Å². The molecule has 0 aliphatic heterocycles. The van der Waals surface area contributed by atoms with Gasteiger partial charge in [-0.05, 0) is 58.9 Å². The molecule has 10 nitrogen and oxygen atoms in total. The summed E-state index contributed by atoms with van der Waals surface area (Å²) in [6, 6.07) is 9.87. The molecule has 37 heavy (non-hydrogen) atoms. The first-order valence-electron chi connectivity index (χ1n) is 12.1. The maximum atomic E-state index is 11.1. The van der Waals surface area contributed by atoms with Crippen molar-refractivity contribution in [2.45, 2.75) is 33.2 Å². The fourth-order valence-corrected chi connectivity index (χ4v) is 4.29. The maximum absolute atomic E-state index is 11.1. The lowest BCUT2D eigenvalue weighted by atomic mass is 9.85. The zero-order chi connectivity index (χ0) is 26.9. The van der Waals surface area contributed by atoms with E-state index in [2.05, 4.69) is 24.9 Å². The summed E-state index contributed by atoms with van der Waals surface area (Å²) in [5.74, 6) is 3.52. The summed E-state index contributed by atoms with van der Waals surface area (Å²) in [7, 11) is 6.43. The molecule has 0 saturated carbocycles. The molecule has 1 heterocycles. The summed E-state index contributed by atoms with van der Waals surface area (Å²) in [4.78, 5) is 14.4. The number of aromatic nitrogens is 2. The van der Waals surface area contributed by atoms with Crippen LogP contribution >= 0.6 is 0 Å². The second-order valence-corrected chi connectivity index (χ2v) is 8.87. The van der Waals surface area contributed by atoms with Gasteiger partial charge in [0.05, 0.1) is 28.4 Å². The van der Waals surface area contributed by atoms with Gasteiger partial charge >= 0.3 is 5.95 Å². The molecule has 200 valence electrons. The van der Waals surface area contributed by atoms with Crippen LogP contribution in [0, 0.1) is 22.0 Å². The van der Waals surface area contributed by atoms with Crippen molar-refractivity contribution in [3.63, 3.8) is 0 Å². The Balaban J connectivity index is 1.73. The second kappa shape index (κ2) is 12.8. The van der Waals surface area contributed by atoms with Gasteiger partial charge in [-0.1, -0.05) is 31.0 Å². The zero-order valence-electron chi connectivity index (χ0n) is 22.2. The van der Waals surface area contributed by atoms with E-state index in [0.717, 1.165) is 24.2 Å². The smallest absolute Gasteiger partial charge is 0.434 e. The first-order valence-corrected chi connectivity index (χ1v) is 12.1. The molecule has 0 aliphatic rings. The maximum Gasteiger partial charge on any atom is 0.434 e. The van der Waals surface area contributed by atoms with E-state index in [0.29, 0.717) is 34.8 Å². The van der Waals surface area contributed by atoms with Gasteiger partial charge in [0.25, 0.3) is 0 Å². The van der Waals surface area contributed by atoms with Crippen LogP contribution in [0.3, 0.4) is 0 Å². The van der Waals surface area contributed by atoms with E-state index in [9.17, 15) is 10.1 Å². The average molecular weight is 514 g/mol. The first-order chi connectivity index (χ1) is 17.8. The number of nitrogens with zero attached hydrogens (tertiary/aromatic N) is 3. The Bertz CT molecular complexity index is 1190. The normalized spacial score (nSPS) is 12.5. The highest BCUT2D eigenvalue weighted by molar-refractivity contribution is 5.56. The Morgan fingerprint density at radius 3 is 2.22 bits per heavy atom. The topological polar surface area (TPSA) is 107 Å².